The van der Waals surface area contributed by atoms with Crippen LogP contribution in [0.2, 0.25) is 0 Å². The highest BCUT2D eigenvalue weighted by Crippen LogP contribution is 2.41. The van der Waals surface area contributed by atoms with Gasteiger partial charge in [0.15, 0.2) is 5.79 Å². The van der Waals surface area contributed by atoms with Crippen LogP contribution in [-0.4, -0.2) is 27.7 Å². The summed E-state index contributed by atoms with van der Waals surface area (Å²) in [6.45, 7) is 9.04. The number of aliphatic hydroxyl groups is 2. The number of hydrogen-bond acceptors (Lipinski definition) is 3. The minimum atomic E-state index is -1.12. The maximum atomic E-state index is 10.1. The lowest BCUT2D eigenvalue weighted by Crippen LogP contribution is -2.60. The van der Waals surface area contributed by atoms with E-state index in [1.165, 1.54) is 0 Å². The zero-order chi connectivity index (χ0) is 10.4. The molecule has 5 atom stereocenters. The molecule has 0 aromatic carbocycles. The SMILES string of the molecule is CC1C(C)C(C)(O)C(C)OC1(C)O. The van der Waals surface area contributed by atoms with Crippen molar-refractivity contribution in [2.75, 3.05) is 0 Å². The fourth-order valence-electron chi connectivity index (χ4n) is 1.92. The van der Waals surface area contributed by atoms with Crippen LogP contribution in [0.15, 0.2) is 0 Å². The third-order valence-corrected chi connectivity index (χ3v) is 3.76. The van der Waals surface area contributed by atoms with Gasteiger partial charge in [-0.25, -0.2) is 0 Å². The van der Waals surface area contributed by atoms with E-state index in [-0.39, 0.29) is 17.9 Å². The summed E-state index contributed by atoms with van der Waals surface area (Å²) in [6, 6.07) is 0. The number of ether oxygens (including phenoxy) is 1. The normalized spacial score (nSPS) is 57.9. The topological polar surface area (TPSA) is 49.7 Å². The van der Waals surface area contributed by atoms with Crippen LogP contribution in [0.1, 0.15) is 34.6 Å². The molecule has 1 saturated heterocycles. The van der Waals surface area contributed by atoms with Gasteiger partial charge < -0.3 is 14.9 Å². The summed E-state index contributed by atoms with van der Waals surface area (Å²) in [5.41, 5.74) is -0.859. The van der Waals surface area contributed by atoms with E-state index >= 15 is 0 Å². The predicted octanol–water partition coefficient (Wildman–Crippen LogP) is 1.14. The van der Waals surface area contributed by atoms with Crippen molar-refractivity contribution in [1.82, 2.24) is 0 Å². The second kappa shape index (κ2) is 2.94. The molecule has 5 unspecified atom stereocenters. The smallest absolute Gasteiger partial charge is 0.166 e. The van der Waals surface area contributed by atoms with Crippen molar-refractivity contribution in [1.29, 1.82) is 0 Å². The van der Waals surface area contributed by atoms with Gasteiger partial charge in [-0.15, -0.1) is 0 Å². The first-order valence-corrected chi connectivity index (χ1v) is 4.82. The highest BCUT2D eigenvalue weighted by molar-refractivity contribution is 4.96. The first-order valence-electron chi connectivity index (χ1n) is 4.82. The molecule has 0 spiro atoms. The average molecular weight is 188 g/mol. The summed E-state index contributed by atoms with van der Waals surface area (Å²) in [5.74, 6) is -1.17. The molecule has 0 bridgehead atoms. The molecule has 0 radical (unpaired) electrons. The maximum absolute atomic E-state index is 10.1. The molecule has 1 heterocycles. The Morgan fingerprint density at radius 1 is 1.00 bits per heavy atom. The Morgan fingerprint density at radius 2 is 1.46 bits per heavy atom. The lowest BCUT2D eigenvalue weighted by molar-refractivity contribution is -0.327. The summed E-state index contributed by atoms with van der Waals surface area (Å²) in [4.78, 5) is 0. The van der Waals surface area contributed by atoms with Gasteiger partial charge in [0.25, 0.3) is 0 Å². The molecule has 3 nitrogen and oxygen atoms in total. The van der Waals surface area contributed by atoms with Gasteiger partial charge in [0.05, 0.1) is 11.7 Å². The van der Waals surface area contributed by atoms with E-state index in [4.69, 9.17) is 4.74 Å². The molecule has 1 fully saturated rings. The standard InChI is InChI=1S/C10H20O3/c1-6-7(2)10(5,12)13-8(3)9(6,4)11/h6-8,11-12H,1-5H3. The van der Waals surface area contributed by atoms with Gasteiger partial charge in [-0.2, -0.15) is 0 Å². The van der Waals surface area contributed by atoms with E-state index in [9.17, 15) is 10.2 Å². The summed E-state index contributed by atoms with van der Waals surface area (Å²) in [7, 11) is 0. The van der Waals surface area contributed by atoms with E-state index in [0.717, 1.165) is 0 Å². The van der Waals surface area contributed by atoms with Gasteiger partial charge in [-0.3, -0.25) is 0 Å². The van der Waals surface area contributed by atoms with Crippen molar-refractivity contribution in [2.45, 2.75) is 52.1 Å². The first kappa shape index (κ1) is 11.0. The lowest BCUT2D eigenvalue weighted by atomic mass is 9.72. The van der Waals surface area contributed by atoms with Crippen LogP contribution in [0.3, 0.4) is 0 Å². The fourth-order valence-corrected chi connectivity index (χ4v) is 1.92. The van der Waals surface area contributed by atoms with Gasteiger partial charge in [0, 0.05) is 5.92 Å². The Morgan fingerprint density at radius 3 is 1.92 bits per heavy atom. The van der Waals surface area contributed by atoms with E-state index < -0.39 is 11.4 Å². The Balaban J connectivity index is 2.93. The van der Waals surface area contributed by atoms with Crippen LogP contribution in [0.4, 0.5) is 0 Å². The Hall–Kier alpha value is -0.120. The molecule has 0 aromatic heterocycles. The highest BCUT2D eigenvalue weighted by Gasteiger charge is 2.51. The van der Waals surface area contributed by atoms with Crippen LogP contribution in [0.5, 0.6) is 0 Å². The van der Waals surface area contributed by atoms with Crippen molar-refractivity contribution >= 4 is 0 Å². The average Bonchev–Trinajstić information content (AvgIpc) is 1.98. The fraction of sp³-hybridized carbons (Fsp3) is 1.00. The molecule has 3 heteroatoms. The van der Waals surface area contributed by atoms with Crippen LogP contribution < -0.4 is 0 Å². The molecular formula is C10H20O3. The minimum absolute atomic E-state index is 0.0197. The van der Waals surface area contributed by atoms with E-state index in [1.807, 2.05) is 13.8 Å². The van der Waals surface area contributed by atoms with Crippen molar-refractivity contribution < 1.29 is 14.9 Å². The van der Waals surface area contributed by atoms with E-state index in [1.54, 1.807) is 20.8 Å². The summed E-state index contributed by atoms with van der Waals surface area (Å²) < 4.78 is 5.38. The van der Waals surface area contributed by atoms with Crippen molar-refractivity contribution in [3.05, 3.63) is 0 Å². The third-order valence-electron chi connectivity index (χ3n) is 3.76. The molecule has 2 N–H and O–H groups in total. The second-order valence-electron chi connectivity index (χ2n) is 4.62. The van der Waals surface area contributed by atoms with Crippen LogP contribution in [0, 0.1) is 11.8 Å². The van der Waals surface area contributed by atoms with Crippen molar-refractivity contribution in [3.8, 4) is 0 Å². The summed E-state index contributed by atoms with van der Waals surface area (Å²) in [5, 5.41) is 20.0. The number of hydrogen-bond donors (Lipinski definition) is 2. The van der Waals surface area contributed by atoms with Gasteiger partial charge >= 0.3 is 0 Å². The van der Waals surface area contributed by atoms with Crippen molar-refractivity contribution in [3.63, 3.8) is 0 Å². The quantitative estimate of drug-likeness (QED) is 0.599. The van der Waals surface area contributed by atoms with E-state index in [0.29, 0.717) is 0 Å². The van der Waals surface area contributed by atoms with Gasteiger partial charge in [-0.05, 0) is 26.7 Å². The summed E-state index contributed by atoms with van der Waals surface area (Å²) in [6.07, 6.45) is -0.339. The molecule has 78 valence electrons. The lowest BCUT2D eigenvalue weighted by Gasteiger charge is -2.50. The van der Waals surface area contributed by atoms with Gasteiger partial charge in [0.2, 0.25) is 0 Å². The molecular weight excluding hydrogens is 168 g/mol. The van der Waals surface area contributed by atoms with E-state index in [2.05, 4.69) is 0 Å². The Labute approximate surface area is 79.7 Å². The largest absolute Gasteiger partial charge is 0.387 e. The number of rotatable bonds is 0. The molecule has 1 aliphatic heterocycles. The van der Waals surface area contributed by atoms with Gasteiger partial charge in [0.1, 0.15) is 0 Å². The van der Waals surface area contributed by atoms with Crippen LogP contribution in [0.25, 0.3) is 0 Å². The predicted molar refractivity (Wildman–Crippen MR) is 50.1 cm³/mol. The molecule has 1 aliphatic rings. The molecule has 0 aliphatic carbocycles. The molecule has 1 rings (SSSR count). The Kier molecular flexibility index (Phi) is 2.48. The van der Waals surface area contributed by atoms with Crippen LogP contribution >= 0.6 is 0 Å². The third kappa shape index (κ3) is 1.60. The summed E-state index contributed by atoms with van der Waals surface area (Å²) >= 11 is 0. The highest BCUT2D eigenvalue weighted by atomic mass is 16.6. The molecule has 0 amide bonds. The zero-order valence-corrected chi connectivity index (χ0v) is 9.03. The molecule has 0 aromatic rings. The second-order valence-corrected chi connectivity index (χ2v) is 4.62. The van der Waals surface area contributed by atoms with Crippen LogP contribution in [-0.2, 0) is 4.74 Å². The molecule has 13 heavy (non-hydrogen) atoms. The van der Waals surface area contributed by atoms with Gasteiger partial charge in [-0.1, -0.05) is 13.8 Å². The first-order chi connectivity index (χ1) is 5.69. The maximum Gasteiger partial charge on any atom is 0.166 e. The molecule has 0 saturated carbocycles. The Bertz CT molecular complexity index is 198. The minimum Gasteiger partial charge on any atom is -0.387 e. The van der Waals surface area contributed by atoms with Crippen molar-refractivity contribution in [2.24, 2.45) is 11.8 Å². The monoisotopic (exact) mass is 188 g/mol. The zero-order valence-electron chi connectivity index (χ0n) is 9.03.